The summed E-state index contributed by atoms with van der Waals surface area (Å²) in [4.78, 5) is 0. The first kappa shape index (κ1) is 4.59. The molecule has 1 nitrogen and oxygen atoms in total. The van der Waals surface area contributed by atoms with Crippen LogP contribution in [0.15, 0.2) is 4.52 Å². The highest BCUT2D eigenvalue weighted by Crippen LogP contribution is 1.92. The van der Waals surface area contributed by atoms with Gasteiger partial charge in [0.2, 0.25) is 0 Å². The molecule has 0 bridgehead atoms. The predicted octanol–water partition coefficient (Wildman–Crippen LogP) is 0.990. The van der Waals surface area contributed by atoms with Gasteiger partial charge in [-0.05, 0) is 9.39 Å². The second-order valence-electron chi connectivity index (χ2n) is 0.231. The van der Waals surface area contributed by atoms with Crippen molar-refractivity contribution in [3.63, 3.8) is 0 Å². The van der Waals surface area contributed by atoms with Gasteiger partial charge in [0, 0.05) is 0 Å². The summed E-state index contributed by atoms with van der Waals surface area (Å²) in [5.74, 6) is 0. The first-order valence-corrected chi connectivity index (χ1v) is 2.15. The van der Waals surface area contributed by atoms with Crippen LogP contribution in [0.1, 0.15) is 0 Å². The Hall–Kier alpha value is 0.595. The minimum atomic E-state index is 0.586. The van der Waals surface area contributed by atoms with Crippen molar-refractivity contribution in [3.8, 4) is 0 Å². The molecular formula is H2BNP2. The van der Waals surface area contributed by atoms with Gasteiger partial charge >= 0.3 is 0 Å². The van der Waals surface area contributed by atoms with E-state index >= 15 is 0 Å². The Labute approximate surface area is 30.7 Å². The Balaban J connectivity index is 2.55. The Morgan fingerprint density at radius 3 is 2.25 bits per heavy atom. The topological polar surface area (TPSA) is 12.4 Å². The number of hydrogen-bond acceptors (Lipinski definition) is 1. The quantitative estimate of drug-likeness (QED) is 0.310. The Morgan fingerprint density at radius 2 is 2.25 bits per heavy atom. The van der Waals surface area contributed by atoms with E-state index in [1.165, 1.54) is 0 Å². The second-order valence-corrected chi connectivity index (χ2v) is 1.39. The van der Waals surface area contributed by atoms with Crippen LogP contribution < -0.4 is 0 Å². The van der Waals surface area contributed by atoms with Gasteiger partial charge in [-0.3, -0.25) is 4.52 Å². The fourth-order valence-electron chi connectivity index (χ4n) is 0. The molecule has 0 aliphatic carbocycles. The van der Waals surface area contributed by atoms with Gasteiger partial charge in [0.05, 0.1) is 0 Å². The summed E-state index contributed by atoms with van der Waals surface area (Å²) < 4.78 is 3.40. The van der Waals surface area contributed by atoms with Crippen molar-refractivity contribution in [2.75, 3.05) is 0 Å². The molecule has 1 atom stereocenters. The normalized spacial score (nSPS) is 9.25. The van der Waals surface area contributed by atoms with Gasteiger partial charge in [-0.1, -0.05) is 8.25 Å². The maximum absolute atomic E-state index is 4.81. The first-order chi connectivity index (χ1) is 1.91. The molecule has 2 radical (unpaired) electrons. The van der Waals surface area contributed by atoms with Gasteiger partial charge in [-0.25, -0.2) is 0 Å². The zero-order valence-electron chi connectivity index (χ0n) is 2.05. The molecule has 0 aliphatic heterocycles. The minimum absolute atomic E-state index is 0.586. The largest absolute Gasteiger partial charge is 0.265 e. The van der Waals surface area contributed by atoms with Gasteiger partial charge in [0.1, 0.15) is 0 Å². The van der Waals surface area contributed by atoms with Crippen molar-refractivity contribution in [3.05, 3.63) is 0 Å². The van der Waals surface area contributed by atoms with Crippen LogP contribution in [0.3, 0.4) is 0 Å². The summed E-state index contributed by atoms with van der Waals surface area (Å²) >= 11 is 0. The molecule has 0 aromatic heterocycles. The summed E-state index contributed by atoms with van der Waals surface area (Å²) in [5.41, 5.74) is 0. The van der Waals surface area contributed by atoms with Crippen LogP contribution in [0.4, 0.5) is 0 Å². The number of nitrogens with zero attached hydrogens (tertiary/aromatic N) is 1. The van der Waals surface area contributed by atoms with Crippen molar-refractivity contribution in [2.24, 2.45) is 4.52 Å². The molecule has 0 spiro atoms. The van der Waals surface area contributed by atoms with Gasteiger partial charge in [0.25, 0.3) is 0 Å². The van der Waals surface area contributed by atoms with Gasteiger partial charge < -0.3 is 0 Å². The Kier molecular flexibility index (Phi) is 4.13. The van der Waals surface area contributed by atoms with Gasteiger partial charge in [-0.2, -0.15) is 0 Å². The molecule has 4 heavy (non-hydrogen) atoms. The van der Waals surface area contributed by atoms with Gasteiger partial charge in [0.15, 0.2) is 7.57 Å². The highest BCUT2D eigenvalue weighted by Gasteiger charge is 1.35. The van der Waals surface area contributed by atoms with E-state index < -0.39 is 0 Å². The third-order valence-corrected chi connectivity index (χ3v) is 0.600. The monoisotopic (exact) mass is 89.0 g/mol. The zero-order valence-corrected chi connectivity index (χ0v) is 4.10. The van der Waals surface area contributed by atoms with E-state index in [9.17, 15) is 0 Å². The fraction of sp³-hybridized carbons (Fsp3) is 0. The molecule has 0 fully saturated rings. The van der Waals surface area contributed by atoms with E-state index in [2.05, 4.69) is 13.9 Å². The average Bonchev–Trinajstić information content (AvgIpc) is 1.37. The second kappa shape index (κ2) is 3.59. The Bertz CT molecular complexity index is 21.2. The standard InChI is InChI=1S/BH2NP2/c1-4-2-3/h3H2. The van der Waals surface area contributed by atoms with Crippen LogP contribution in [-0.2, 0) is 0 Å². The van der Waals surface area contributed by atoms with Crippen LogP contribution >= 0.6 is 17.6 Å². The molecule has 0 aromatic rings. The smallest absolute Gasteiger partial charge is 0.179 e. The molecule has 0 rings (SSSR count). The zero-order chi connectivity index (χ0) is 3.41. The molecule has 0 saturated carbocycles. The molecular weight excluding hydrogens is 86.8 g/mol. The summed E-state index contributed by atoms with van der Waals surface area (Å²) in [6.07, 6.45) is 0. The molecule has 4 heteroatoms. The lowest BCUT2D eigenvalue weighted by Crippen LogP contribution is -1.12. The van der Waals surface area contributed by atoms with Crippen LogP contribution in [0.2, 0.25) is 0 Å². The van der Waals surface area contributed by atoms with E-state index in [1.807, 2.05) is 0 Å². The number of hydrogen-bond donors (Lipinski definition) is 0. The molecule has 0 N–H and O–H groups in total. The van der Waals surface area contributed by atoms with Crippen molar-refractivity contribution in [2.45, 2.75) is 0 Å². The SMILES string of the molecule is [B]P=NP. The molecule has 0 saturated heterocycles. The molecule has 0 amide bonds. The summed E-state index contributed by atoms with van der Waals surface area (Å²) in [7, 11) is 7.54. The fourth-order valence-corrected chi connectivity index (χ4v) is 0. The average molecular weight is 88.8 g/mol. The van der Waals surface area contributed by atoms with Crippen molar-refractivity contribution in [1.82, 2.24) is 0 Å². The summed E-state index contributed by atoms with van der Waals surface area (Å²) in [6, 6.07) is 0. The molecule has 20 valence electrons. The van der Waals surface area contributed by atoms with Gasteiger partial charge in [-0.15, -0.1) is 0 Å². The summed E-state index contributed by atoms with van der Waals surface area (Å²) in [5, 5.41) is 0. The van der Waals surface area contributed by atoms with Crippen molar-refractivity contribution >= 4 is 25.2 Å². The highest BCUT2D eigenvalue weighted by molar-refractivity contribution is 7.60. The molecule has 0 heterocycles. The third-order valence-electron chi connectivity index (χ3n) is 0.0667. The number of rotatable bonds is 0. The van der Waals surface area contributed by atoms with Crippen LogP contribution in [-0.4, -0.2) is 7.57 Å². The lowest BCUT2D eigenvalue weighted by molar-refractivity contribution is 2.11. The van der Waals surface area contributed by atoms with Crippen molar-refractivity contribution in [1.29, 1.82) is 0 Å². The predicted molar refractivity (Wildman–Crippen MR) is 24.8 cm³/mol. The third kappa shape index (κ3) is 2.59. The van der Waals surface area contributed by atoms with E-state index in [0.717, 1.165) is 0 Å². The van der Waals surface area contributed by atoms with E-state index in [-0.39, 0.29) is 0 Å². The molecule has 0 aromatic carbocycles. The van der Waals surface area contributed by atoms with E-state index in [1.54, 1.807) is 0 Å². The maximum atomic E-state index is 4.81. The maximum Gasteiger partial charge on any atom is 0.179 e. The lowest BCUT2D eigenvalue weighted by Gasteiger charge is -1.51. The van der Waals surface area contributed by atoms with E-state index in [4.69, 9.17) is 7.57 Å². The van der Waals surface area contributed by atoms with E-state index in [0.29, 0.717) is 8.25 Å². The first-order valence-electron chi connectivity index (χ1n) is 0.716. The van der Waals surface area contributed by atoms with Crippen molar-refractivity contribution < 1.29 is 0 Å². The molecule has 1 unspecified atom stereocenters. The molecule has 0 aliphatic rings. The van der Waals surface area contributed by atoms with Crippen LogP contribution in [0.25, 0.3) is 0 Å². The Morgan fingerprint density at radius 1 is 2.00 bits per heavy atom. The van der Waals surface area contributed by atoms with Crippen LogP contribution in [0.5, 0.6) is 0 Å². The van der Waals surface area contributed by atoms with Crippen LogP contribution in [0, 0.1) is 0 Å². The lowest BCUT2D eigenvalue weighted by atomic mass is 10.8. The summed E-state index contributed by atoms with van der Waals surface area (Å²) in [6.45, 7) is 0. The minimum Gasteiger partial charge on any atom is -0.265 e. The highest BCUT2D eigenvalue weighted by atomic mass is 31.1.